The largest absolute Gasteiger partial charge is 0.308 e. The Morgan fingerprint density at radius 3 is 2.48 bits per heavy atom. The van der Waals surface area contributed by atoms with Crippen LogP contribution in [-0.4, -0.2) is 29.6 Å². The Balaban J connectivity index is 1.76. The first kappa shape index (κ1) is 15.0. The lowest BCUT2D eigenvalue weighted by Gasteiger charge is -2.45. The molecule has 1 saturated heterocycles. The summed E-state index contributed by atoms with van der Waals surface area (Å²) in [5.41, 5.74) is 3.02. The van der Waals surface area contributed by atoms with Gasteiger partial charge in [-0.15, -0.1) is 0 Å². The van der Waals surface area contributed by atoms with Crippen LogP contribution in [0.1, 0.15) is 43.4 Å². The van der Waals surface area contributed by atoms with E-state index in [9.17, 15) is 4.39 Å². The van der Waals surface area contributed by atoms with Gasteiger partial charge in [0.25, 0.3) is 0 Å². The van der Waals surface area contributed by atoms with Gasteiger partial charge in [-0.05, 0) is 63.1 Å². The Bertz CT molecular complexity index is 515. The monoisotopic (exact) mass is 290 g/mol. The fourth-order valence-corrected chi connectivity index (χ4v) is 3.71. The van der Waals surface area contributed by atoms with Crippen LogP contribution < -0.4 is 5.32 Å². The molecule has 2 fully saturated rings. The lowest BCUT2D eigenvalue weighted by Crippen LogP contribution is -2.62. The van der Waals surface area contributed by atoms with E-state index in [0.717, 1.165) is 36.7 Å². The molecule has 1 aliphatic carbocycles. The van der Waals surface area contributed by atoms with E-state index in [1.54, 1.807) is 0 Å². The SMILES string of the molecule is Cc1cc(CN2CC(C)(C3CC3)NCC2C)cc(C)c1F. The molecule has 1 N–H and O–H groups in total. The average Bonchev–Trinajstić information content (AvgIpc) is 3.25. The molecule has 1 heterocycles. The Hall–Kier alpha value is -0.930. The number of hydrogen-bond donors (Lipinski definition) is 1. The second-order valence-electron chi connectivity index (χ2n) is 7.37. The summed E-state index contributed by atoms with van der Waals surface area (Å²) in [6.45, 7) is 11.4. The number of halogens is 1. The summed E-state index contributed by atoms with van der Waals surface area (Å²) in [7, 11) is 0. The highest BCUT2D eigenvalue weighted by molar-refractivity contribution is 5.30. The third-order valence-corrected chi connectivity index (χ3v) is 5.32. The summed E-state index contributed by atoms with van der Waals surface area (Å²) >= 11 is 0. The molecule has 2 aliphatic rings. The summed E-state index contributed by atoms with van der Waals surface area (Å²) < 4.78 is 13.8. The zero-order valence-corrected chi connectivity index (χ0v) is 13.7. The van der Waals surface area contributed by atoms with Crippen molar-refractivity contribution in [3.8, 4) is 0 Å². The first-order valence-corrected chi connectivity index (χ1v) is 8.14. The van der Waals surface area contributed by atoms with Crippen molar-refractivity contribution in [3.05, 3.63) is 34.6 Å². The van der Waals surface area contributed by atoms with Crippen molar-refractivity contribution in [2.24, 2.45) is 5.92 Å². The van der Waals surface area contributed by atoms with Crippen LogP contribution in [0.2, 0.25) is 0 Å². The van der Waals surface area contributed by atoms with Crippen molar-refractivity contribution in [2.45, 2.75) is 58.7 Å². The molecule has 0 amide bonds. The normalized spacial score (nSPS) is 30.6. The van der Waals surface area contributed by atoms with E-state index in [1.807, 2.05) is 26.0 Å². The van der Waals surface area contributed by atoms with Gasteiger partial charge in [0.1, 0.15) is 5.82 Å². The molecular weight excluding hydrogens is 263 g/mol. The van der Waals surface area contributed by atoms with Crippen LogP contribution in [0.25, 0.3) is 0 Å². The van der Waals surface area contributed by atoms with Crippen LogP contribution in [0.15, 0.2) is 12.1 Å². The van der Waals surface area contributed by atoms with Crippen molar-refractivity contribution < 1.29 is 4.39 Å². The Labute approximate surface area is 127 Å². The zero-order chi connectivity index (χ0) is 15.2. The molecule has 2 nitrogen and oxygen atoms in total. The number of aryl methyl sites for hydroxylation is 2. The lowest BCUT2D eigenvalue weighted by atomic mass is 9.90. The maximum absolute atomic E-state index is 13.8. The molecule has 1 saturated carbocycles. The highest BCUT2D eigenvalue weighted by Gasteiger charge is 2.45. The van der Waals surface area contributed by atoms with Crippen molar-refractivity contribution >= 4 is 0 Å². The van der Waals surface area contributed by atoms with E-state index in [-0.39, 0.29) is 11.4 Å². The van der Waals surface area contributed by atoms with Gasteiger partial charge < -0.3 is 5.32 Å². The maximum atomic E-state index is 13.8. The summed E-state index contributed by atoms with van der Waals surface area (Å²) in [6.07, 6.45) is 2.72. The van der Waals surface area contributed by atoms with Gasteiger partial charge in [-0.1, -0.05) is 12.1 Å². The molecule has 1 aliphatic heterocycles. The van der Waals surface area contributed by atoms with Gasteiger partial charge in [0, 0.05) is 31.2 Å². The van der Waals surface area contributed by atoms with Crippen molar-refractivity contribution in [2.75, 3.05) is 13.1 Å². The number of nitrogens with zero attached hydrogens (tertiary/aromatic N) is 1. The molecule has 1 aromatic rings. The second kappa shape index (κ2) is 5.36. The maximum Gasteiger partial charge on any atom is 0.129 e. The fourth-order valence-electron chi connectivity index (χ4n) is 3.71. The Morgan fingerprint density at radius 2 is 1.90 bits per heavy atom. The predicted octanol–water partition coefficient (Wildman–Crippen LogP) is 3.40. The molecule has 0 bridgehead atoms. The van der Waals surface area contributed by atoms with Gasteiger partial charge in [-0.3, -0.25) is 4.90 Å². The molecule has 3 heteroatoms. The second-order valence-corrected chi connectivity index (χ2v) is 7.37. The molecule has 116 valence electrons. The topological polar surface area (TPSA) is 15.3 Å². The molecule has 0 radical (unpaired) electrons. The number of piperazine rings is 1. The first-order valence-electron chi connectivity index (χ1n) is 8.14. The minimum Gasteiger partial charge on any atom is -0.308 e. The van der Waals surface area contributed by atoms with Gasteiger partial charge in [0.15, 0.2) is 0 Å². The molecular formula is C18H27FN2. The van der Waals surface area contributed by atoms with E-state index >= 15 is 0 Å². The van der Waals surface area contributed by atoms with Crippen LogP contribution in [0, 0.1) is 25.6 Å². The van der Waals surface area contributed by atoms with Crippen LogP contribution in [-0.2, 0) is 6.54 Å². The van der Waals surface area contributed by atoms with Crippen LogP contribution in [0.4, 0.5) is 4.39 Å². The quantitative estimate of drug-likeness (QED) is 0.918. The van der Waals surface area contributed by atoms with E-state index in [4.69, 9.17) is 0 Å². The van der Waals surface area contributed by atoms with Crippen molar-refractivity contribution in [1.82, 2.24) is 10.2 Å². The molecule has 21 heavy (non-hydrogen) atoms. The van der Waals surface area contributed by atoms with Crippen LogP contribution in [0.5, 0.6) is 0 Å². The fraction of sp³-hybridized carbons (Fsp3) is 0.667. The van der Waals surface area contributed by atoms with Gasteiger partial charge in [0.05, 0.1) is 0 Å². The zero-order valence-electron chi connectivity index (χ0n) is 13.7. The lowest BCUT2D eigenvalue weighted by molar-refractivity contribution is 0.0770. The average molecular weight is 290 g/mol. The highest BCUT2D eigenvalue weighted by Crippen LogP contribution is 2.41. The molecule has 0 spiro atoms. The molecule has 0 aromatic heterocycles. The number of hydrogen-bond acceptors (Lipinski definition) is 2. The number of benzene rings is 1. The third kappa shape index (κ3) is 3.00. The third-order valence-electron chi connectivity index (χ3n) is 5.32. The van der Waals surface area contributed by atoms with E-state index in [0.29, 0.717) is 6.04 Å². The highest BCUT2D eigenvalue weighted by atomic mass is 19.1. The van der Waals surface area contributed by atoms with Crippen LogP contribution in [0.3, 0.4) is 0 Å². The van der Waals surface area contributed by atoms with E-state index in [1.165, 1.54) is 18.4 Å². The molecule has 2 atom stereocenters. The van der Waals surface area contributed by atoms with Gasteiger partial charge >= 0.3 is 0 Å². The molecule has 2 unspecified atom stereocenters. The minimum atomic E-state index is -0.0603. The van der Waals surface area contributed by atoms with E-state index in [2.05, 4.69) is 24.1 Å². The van der Waals surface area contributed by atoms with Gasteiger partial charge in [0.2, 0.25) is 0 Å². The van der Waals surface area contributed by atoms with Crippen LogP contribution >= 0.6 is 0 Å². The van der Waals surface area contributed by atoms with Gasteiger partial charge in [-0.25, -0.2) is 4.39 Å². The number of rotatable bonds is 3. The van der Waals surface area contributed by atoms with E-state index < -0.39 is 0 Å². The summed E-state index contributed by atoms with van der Waals surface area (Å²) in [6, 6.07) is 4.54. The molecule has 3 rings (SSSR count). The smallest absolute Gasteiger partial charge is 0.129 e. The molecule has 1 aromatic carbocycles. The summed E-state index contributed by atoms with van der Waals surface area (Å²) in [5, 5.41) is 3.75. The minimum absolute atomic E-state index is 0.0603. The van der Waals surface area contributed by atoms with Gasteiger partial charge in [-0.2, -0.15) is 0 Å². The summed E-state index contributed by atoms with van der Waals surface area (Å²) in [5.74, 6) is 0.777. The van der Waals surface area contributed by atoms with Crippen molar-refractivity contribution in [1.29, 1.82) is 0 Å². The Morgan fingerprint density at radius 1 is 1.29 bits per heavy atom. The first-order chi connectivity index (χ1) is 9.89. The Kier molecular flexibility index (Phi) is 3.83. The number of nitrogens with one attached hydrogen (secondary N) is 1. The standard InChI is InChI=1S/C18H27FN2/c1-12-7-15(8-13(2)17(12)19)10-21-11-18(4,16-5-6-16)20-9-14(21)3/h7-8,14,16,20H,5-6,9-11H2,1-4H3. The van der Waals surface area contributed by atoms with Crippen molar-refractivity contribution in [3.63, 3.8) is 0 Å². The predicted molar refractivity (Wildman–Crippen MR) is 84.9 cm³/mol. The summed E-state index contributed by atoms with van der Waals surface area (Å²) in [4.78, 5) is 2.56.